The summed E-state index contributed by atoms with van der Waals surface area (Å²) in [5.41, 5.74) is 3.78. The second kappa shape index (κ2) is 5.43. The average Bonchev–Trinajstić information content (AvgIpc) is 2.74. The van der Waals surface area contributed by atoms with Gasteiger partial charge in [-0.05, 0) is 29.3 Å². The number of aryl methyl sites for hydroxylation is 1. The average molecular weight is 229 g/mol. The van der Waals surface area contributed by atoms with Gasteiger partial charge in [0.15, 0.2) is 6.54 Å². The molecular weight excluding hydrogens is 212 g/mol. The van der Waals surface area contributed by atoms with Gasteiger partial charge in [0.25, 0.3) is 0 Å². The van der Waals surface area contributed by atoms with Crippen LogP contribution < -0.4 is 5.18 Å². The minimum Gasteiger partial charge on any atom is -0.350 e. The number of rotatable bonds is 5. The summed E-state index contributed by atoms with van der Waals surface area (Å²) in [5, 5.41) is 1.92. The molecule has 1 N–H and O–H groups in total. The molecule has 0 aliphatic carbocycles. The number of hydrogen-bond donors (Lipinski definition) is 1. The fraction of sp³-hybridized carbons (Fsp3) is 0.286. The van der Waals surface area contributed by atoms with Crippen molar-refractivity contribution in [1.82, 2.24) is 4.57 Å². The van der Waals surface area contributed by atoms with Crippen LogP contribution in [0.15, 0.2) is 42.7 Å². The first-order valence-corrected chi connectivity index (χ1v) is 5.83. The molecule has 3 heteroatoms. The van der Waals surface area contributed by atoms with Crippen LogP contribution in [0.4, 0.5) is 0 Å². The first kappa shape index (κ1) is 11.6. The summed E-state index contributed by atoms with van der Waals surface area (Å²) >= 11 is 0. The third kappa shape index (κ3) is 3.28. The maximum Gasteiger partial charge on any atom is 0.193 e. The standard InChI is InChI=1S/C14H16N2O/c1-12-3-2-4-14(9-12)11-16-8-6-13(10-16)5-7-15-17/h2-4,6,8-10H,5,7,11H2,1H3/p+1. The number of benzene rings is 1. The van der Waals surface area contributed by atoms with E-state index in [1.54, 1.807) is 0 Å². The van der Waals surface area contributed by atoms with E-state index in [1.807, 2.05) is 5.18 Å². The van der Waals surface area contributed by atoms with Crippen LogP contribution in [0.2, 0.25) is 0 Å². The molecule has 1 aromatic carbocycles. The van der Waals surface area contributed by atoms with Gasteiger partial charge in [-0.15, -0.1) is 0 Å². The number of nitroso groups, excluding NO2 is 1. The molecule has 2 aromatic rings. The van der Waals surface area contributed by atoms with Gasteiger partial charge >= 0.3 is 0 Å². The first-order valence-electron chi connectivity index (χ1n) is 5.83. The van der Waals surface area contributed by atoms with Crippen LogP contribution in [0.5, 0.6) is 0 Å². The van der Waals surface area contributed by atoms with Crippen LogP contribution in [-0.2, 0) is 13.0 Å². The first-order chi connectivity index (χ1) is 8.28. The Morgan fingerprint density at radius 3 is 2.88 bits per heavy atom. The van der Waals surface area contributed by atoms with E-state index in [9.17, 15) is 4.91 Å². The lowest BCUT2D eigenvalue weighted by molar-refractivity contribution is -0.479. The minimum atomic E-state index is 0.481. The Labute approximate surface area is 101 Å². The summed E-state index contributed by atoms with van der Waals surface area (Å²) in [6, 6.07) is 10.6. The molecule has 1 aromatic heterocycles. The highest BCUT2D eigenvalue weighted by Crippen LogP contribution is 2.08. The quantitative estimate of drug-likeness (QED) is 0.822. The highest BCUT2D eigenvalue weighted by Gasteiger charge is 2.00. The fourth-order valence-electron chi connectivity index (χ4n) is 1.95. The van der Waals surface area contributed by atoms with Crippen molar-refractivity contribution in [2.75, 3.05) is 6.54 Å². The smallest absolute Gasteiger partial charge is 0.193 e. The van der Waals surface area contributed by atoms with Crippen molar-refractivity contribution in [1.29, 1.82) is 0 Å². The maximum atomic E-state index is 10.2. The summed E-state index contributed by atoms with van der Waals surface area (Å²) in [6.45, 7) is 3.46. The lowest BCUT2D eigenvalue weighted by Crippen LogP contribution is -2.64. The van der Waals surface area contributed by atoms with Crippen molar-refractivity contribution in [2.24, 2.45) is 0 Å². The van der Waals surface area contributed by atoms with Crippen LogP contribution in [0, 0.1) is 11.8 Å². The van der Waals surface area contributed by atoms with E-state index in [0.717, 1.165) is 13.0 Å². The van der Waals surface area contributed by atoms with E-state index in [1.165, 1.54) is 16.7 Å². The van der Waals surface area contributed by atoms with Crippen LogP contribution in [0.1, 0.15) is 16.7 Å². The Bertz CT molecular complexity index is 502. The molecule has 88 valence electrons. The van der Waals surface area contributed by atoms with Crippen molar-refractivity contribution >= 4 is 0 Å². The van der Waals surface area contributed by atoms with Gasteiger partial charge in [-0.2, -0.15) is 0 Å². The monoisotopic (exact) mass is 229 g/mol. The highest BCUT2D eigenvalue weighted by atomic mass is 16.3. The Morgan fingerprint density at radius 2 is 2.12 bits per heavy atom. The zero-order valence-corrected chi connectivity index (χ0v) is 10.0. The summed E-state index contributed by atoms with van der Waals surface area (Å²) in [6.07, 6.45) is 4.94. The largest absolute Gasteiger partial charge is 0.350 e. The maximum absolute atomic E-state index is 10.2. The van der Waals surface area contributed by atoms with Gasteiger partial charge in [-0.3, -0.25) is 0 Å². The summed E-state index contributed by atoms with van der Waals surface area (Å²) in [4.78, 5) is 10.2. The number of nitrogens with one attached hydrogen (secondary N) is 1. The van der Waals surface area contributed by atoms with Gasteiger partial charge in [0.05, 0.1) is 0 Å². The van der Waals surface area contributed by atoms with Crippen molar-refractivity contribution in [3.63, 3.8) is 0 Å². The predicted molar refractivity (Wildman–Crippen MR) is 67.6 cm³/mol. The Kier molecular flexibility index (Phi) is 3.70. The number of nitrogens with zero attached hydrogens (tertiary/aromatic N) is 1. The van der Waals surface area contributed by atoms with Crippen LogP contribution >= 0.6 is 0 Å². The van der Waals surface area contributed by atoms with E-state index in [2.05, 4.69) is 54.2 Å². The molecule has 0 bridgehead atoms. The molecule has 0 aliphatic rings. The van der Waals surface area contributed by atoms with E-state index in [-0.39, 0.29) is 0 Å². The van der Waals surface area contributed by atoms with Crippen molar-refractivity contribution in [2.45, 2.75) is 19.9 Å². The number of aromatic nitrogens is 1. The SMILES string of the molecule is Cc1cccc(Cn2ccc(CC[NH+]=O)c2)c1. The van der Waals surface area contributed by atoms with E-state index in [4.69, 9.17) is 0 Å². The van der Waals surface area contributed by atoms with Crippen molar-refractivity contribution in [3.05, 3.63) is 64.3 Å². The third-order valence-corrected chi connectivity index (χ3v) is 2.78. The Balaban J connectivity index is 2.03. The van der Waals surface area contributed by atoms with E-state index >= 15 is 0 Å². The summed E-state index contributed by atoms with van der Waals surface area (Å²) < 4.78 is 2.15. The molecule has 0 atom stereocenters. The Morgan fingerprint density at radius 1 is 1.24 bits per heavy atom. The molecule has 3 nitrogen and oxygen atoms in total. The zero-order chi connectivity index (χ0) is 12.1. The van der Waals surface area contributed by atoms with E-state index < -0.39 is 0 Å². The van der Waals surface area contributed by atoms with Crippen molar-refractivity contribution < 1.29 is 5.18 Å². The molecule has 17 heavy (non-hydrogen) atoms. The minimum absolute atomic E-state index is 0.481. The lowest BCUT2D eigenvalue weighted by Gasteiger charge is -2.03. The van der Waals surface area contributed by atoms with Crippen molar-refractivity contribution in [3.8, 4) is 0 Å². The third-order valence-electron chi connectivity index (χ3n) is 2.78. The van der Waals surface area contributed by atoms with Crippen LogP contribution in [-0.4, -0.2) is 11.1 Å². The molecule has 0 saturated carbocycles. The van der Waals surface area contributed by atoms with Gasteiger partial charge in [-0.1, -0.05) is 29.8 Å². The zero-order valence-electron chi connectivity index (χ0n) is 10.0. The van der Waals surface area contributed by atoms with Crippen LogP contribution in [0.3, 0.4) is 0 Å². The molecule has 0 aliphatic heterocycles. The molecular formula is C14H17N2O+. The molecule has 0 spiro atoms. The topological polar surface area (TPSA) is 36.0 Å². The fourth-order valence-corrected chi connectivity index (χ4v) is 1.95. The molecule has 2 rings (SSSR count). The number of hydrogen-bond acceptors (Lipinski definition) is 1. The summed E-state index contributed by atoms with van der Waals surface area (Å²) in [7, 11) is 0. The van der Waals surface area contributed by atoms with Gasteiger partial charge in [0.2, 0.25) is 0 Å². The molecule has 1 heterocycles. The molecule has 0 fully saturated rings. The van der Waals surface area contributed by atoms with Crippen LogP contribution in [0.25, 0.3) is 0 Å². The predicted octanol–water partition coefficient (Wildman–Crippen LogP) is 1.23. The second-order valence-corrected chi connectivity index (χ2v) is 4.33. The van der Waals surface area contributed by atoms with Gasteiger partial charge < -0.3 is 4.57 Å². The van der Waals surface area contributed by atoms with Gasteiger partial charge in [-0.25, -0.2) is 0 Å². The Hall–Kier alpha value is -1.90. The molecule has 0 unspecified atom stereocenters. The molecule has 0 radical (unpaired) electrons. The highest BCUT2D eigenvalue weighted by molar-refractivity contribution is 5.23. The van der Waals surface area contributed by atoms with Gasteiger partial charge in [0.1, 0.15) is 0 Å². The molecule has 0 amide bonds. The second-order valence-electron chi connectivity index (χ2n) is 4.33. The normalized spacial score (nSPS) is 10.4. The van der Waals surface area contributed by atoms with E-state index in [0.29, 0.717) is 6.54 Å². The molecule has 0 saturated heterocycles. The lowest BCUT2D eigenvalue weighted by atomic mass is 10.1. The van der Waals surface area contributed by atoms with Gasteiger partial charge in [0, 0.05) is 30.3 Å². The summed E-state index contributed by atoms with van der Waals surface area (Å²) in [5.74, 6) is 0.